The van der Waals surface area contributed by atoms with Crippen LogP contribution in [-0.4, -0.2) is 36.5 Å². The third kappa shape index (κ3) is 4.28. The van der Waals surface area contributed by atoms with Gasteiger partial charge >= 0.3 is 0 Å². The summed E-state index contributed by atoms with van der Waals surface area (Å²) in [4.78, 5) is 14.0. The quantitative estimate of drug-likeness (QED) is 0.849. The van der Waals surface area contributed by atoms with Gasteiger partial charge in [-0.1, -0.05) is 12.1 Å². The molecule has 2 atom stereocenters. The monoisotopic (exact) mass is 279 g/mol. The summed E-state index contributed by atoms with van der Waals surface area (Å²) < 4.78 is 12.8. The molecule has 1 aliphatic heterocycles. The lowest BCUT2D eigenvalue weighted by atomic mass is 10.0. The van der Waals surface area contributed by atoms with Crippen LogP contribution >= 0.6 is 0 Å². The number of amides is 1. The van der Waals surface area contributed by atoms with Gasteiger partial charge in [-0.15, -0.1) is 0 Å². The van der Waals surface area contributed by atoms with Crippen molar-refractivity contribution in [1.29, 1.82) is 0 Å². The highest BCUT2D eigenvalue weighted by Gasteiger charge is 2.26. The van der Waals surface area contributed by atoms with Gasteiger partial charge in [0.05, 0.1) is 6.54 Å². The van der Waals surface area contributed by atoms with E-state index in [0.29, 0.717) is 19.0 Å². The molecule has 0 radical (unpaired) electrons. The van der Waals surface area contributed by atoms with Crippen LogP contribution in [0, 0.1) is 11.7 Å². The van der Waals surface area contributed by atoms with Crippen LogP contribution in [0.4, 0.5) is 4.39 Å². The van der Waals surface area contributed by atoms with Crippen molar-refractivity contribution < 1.29 is 9.18 Å². The lowest BCUT2D eigenvalue weighted by Gasteiger charge is -2.17. The van der Waals surface area contributed by atoms with Crippen LogP contribution in [0.3, 0.4) is 0 Å². The second-order valence-corrected chi connectivity index (χ2v) is 5.55. The van der Waals surface area contributed by atoms with Crippen molar-refractivity contribution in [2.75, 3.05) is 19.6 Å². The second kappa shape index (κ2) is 6.81. The Morgan fingerprint density at radius 3 is 2.80 bits per heavy atom. The lowest BCUT2D eigenvalue weighted by Crippen LogP contribution is -2.37. The smallest absolute Gasteiger partial charge is 0.234 e. The molecule has 1 heterocycles. The molecule has 0 spiro atoms. The minimum Gasteiger partial charge on any atom is -0.351 e. The molecule has 0 aromatic heterocycles. The zero-order valence-electron chi connectivity index (χ0n) is 11.8. The number of hydrogen-bond acceptors (Lipinski definition) is 3. The largest absolute Gasteiger partial charge is 0.351 e. The standard InChI is InChI=1S/C15H22FN3O/c1-11(17)13-6-7-19(9-13)10-15(20)18-8-12-2-4-14(16)5-3-12/h2-5,11,13H,6-10,17H2,1H3,(H,18,20). The fourth-order valence-electron chi connectivity index (χ4n) is 2.50. The van der Waals surface area contributed by atoms with E-state index in [0.717, 1.165) is 25.1 Å². The Bertz CT molecular complexity index is 447. The van der Waals surface area contributed by atoms with Crippen LogP contribution in [0.5, 0.6) is 0 Å². The zero-order chi connectivity index (χ0) is 14.5. The molecule has 5 heteroatoms. The molecule has 20 heavy (non-hydrogen) atoms. The van der Waals surface area contributed by atoms with E-state index in [1.165, 1.54) is 12.1 Å². The molecule has 3 N–H and O–H groups in total. The van der Waals surface area contributed by atoms with Gasteiger partial charge in [-0.25, -0.2) is 4.39 Å². The Morgan fingerprint density at radius 1 is 1.50 bits per heavy atom. The highest BCUT2D eigenvalue weighted by atomic mass is 19.1. The topological polar surface area (TPSA) is 58.4 Å². The third-order valence-corrected chi connectivity index (χ3v) is 3.82. The summed E-state index contributed by atoms with van der Waals surface area (Å²) in [6.45, 7) is 4.68. The first-order valence-electron chi connectivity index (χ1n) is 7.03. The molecule has 1 saturated heterocycles. The van der Waals surface area contributed by atoms with Gasteiger partial charge in [0.2, 0.25) is 5.91 Å². The molecule has 1 aromatic carbocycles. The molecular weight excluding hydrogens is 257 g/mol. The summed E-state index contributed by atoms with van der Waals surface area (Å²) in [6, 6.07) is 6.34. The minimum atomic E-state index is -0.265. The van der Waals surface area contributed by atoms with Crippen molar-refractivity contribution in [3.8, 4) is 0 Å². The maximum Gasteiger partial charge on any atom is 0.234 e. The van der Waals surface area contributed by atoms with Gasteiger partial charge in [0.15, 0.2) is 0 Å². The van der Waals surface area contributed by atoms with Crippen LogP contribution in [-0.2, 0) is 11.3 Å². The van der Waals surface area contributed by atoms with Crippen LogP contribution < -0.4 is 11.1 Å². The summed E-state index contributed by atoms with van der Waals surface area (Å²) >= 11 is 0. The zero-order valence-corrected chi connectivity index (χ0v) is 11.8. The summed E-state index contributed by atoms with van der Waals surface area (Å²) in [6.07, 6.45) is 1.06. The second-order valence-electron chi connectivity index (χ2n) is 5.55. The van der Waals surface area contributed by atoms with Crippen molar-refractivity contribution in [2.24, 2.45) is 11.7 Å². The maximum atomic E-state index is 12.8. The molecule has 2 rings (SSSR count). The van der Waals surface area contributed by atoms with E-state index in [1.54, 1.807) is 12.1 Å². The van der Waals surface area contributed by atoms with E-state index < -0.39 is 0 Å². The number of benzene rings is 1. The first-order valence-corrected chi connectivity index (χ1v) is 7.03. The Labute approximate surface area is 119 Å². The number of carbonyl (C=O) groups is 1. The van der Waals surface area contributed by atoms with Crippen molar-refractivity contribution in [2.45, 2.75) is 25.9 Å². The van der Waals surface area contributed by atoms with Crippen LogP contribution in [0.15, 0.2) is 24.3 Å². The van der Waals surface area contributed by atoms with E-state index in [1.807, 2.05) is 6.92 Å². The predicted octanol–water partition coefficient (Wildman–Crippen LogP) is 1.11. The molecule has 4 nitrogen and oxygen atoms in total. The highest BCUT2D eigenvalue weighted by Crippen LogP contribution is 2.17. The lowest BCUT2D eigenvalue weighted by molar-refractivity contribution is -0.122. The number of hydrogen-bond donors (Lipinski definition) is 2. The molecule has 1 fully saturated rings. The maximum absolute atomic E-state index is 12.8. The first kappa shape index (κ1) is 14.9. The summed E-state index contributed by atoms with van der Waals surface area (Å²) in [5, 5.41) is 2.86. The molecule has 2 unspecified atom stereocenters. The van der Waals surface area contributed by atoms with E-state index >= 15 is 0 Å². The number of nitrogens with two attached hydrogens (primary N) is 1. The van der Waals surface area contributed by atoms with Gasteiger partial charge in [0.25, 0.3) is 0 Å². The molecule has 1 aromatic rings. The van der Waals surface area contributed by atoms with Crippen LogP contribution in [0.2, 0.25) is 0 Å². The Morgan fingerprint density at radius 2 is 2.20 bits per heavy atom. The van der Waals surface area contributed by atoms with Crippen molar-refractivity contribution in [3.05, 3.63) is 35.6 Å². The van der Waals surface area contributed by atoms with Gasteiger partial charge in [-0.2, -0.15) is 0 Å². The van der Waals surface area contributed by atoms with E-state index in [9.17, 15) is 9.18 Å². The fraction of sp³-hybridized carbons (Fsp3) is 0.533. The summed E-state index contributed by atoms with van der Waals surface area (Å²) in [7, 11) is 0. The van der Waals surface area contributed by atoms with Crippen molar-refractivity contribution >= 4 is 5.91 Å². The predicted molar refractivity (Wildman–Crippen MR) is 76.4 cm³/mol. The van der Waals surface area contributed by atoms with Gasteiger partial charge in [0, 0.05) is 19.1 Å². The normalized spacial score (nSPS) is 20.9. The molecule has 110 valence electrons. The third-order valence-electron chi connectivity index (χ3n) is 3.82. The van der Waals surface area contributed by atoms with Crippen LogP contribution in [0.25, 0.3) is 0 Å². The SMILES string of the molecule is CC(N)C1CCN(CC(=O)NCc2ccc(F)cc2)C1. The Balaban J connectivity index is 1.72. The van der Waals surface area contributed by atoms with Crippen molar-refractivity contribution in [3.63, 3.8) is 0 Å². The number of rotatable bonds is 5. The summed E-state index contributed by atoms with van der Waals surface area (Å²) in [5.74, 6) is 0.221. The number of halogens is 1. The number of likely N-dealkylation sites (tertiary alicyclic amines) is 1. The number of nitrogens with zero attached hydrogens (tertiary/aromatic N) is 1. The molecule has 1 amide bonds. The first-order chi connectivity index (χ1) is 9.54. The van der Waals surface area contributed by atoms with Gasteiger partial charge < -0.3 is 11.1 Å². The highest BCUT2D eigenvalue weighted by molar-refractivity contribution is 5.78. The average Bonchev–Trinajstić information content (AvgIpc) is 2.87. The van der Waals surface area contributed by atoms with Gasteiger partial charge in [-0.05, 0) is 43.5 Å². The van der Waals surface area contributed by atoms with E-state index in [2.05, 4.69) is 10.2 Å². The van der Waals surface area contributed by atoms with Gasteiger partial charge in [-0.3, -0.25) is 9.69 Å². The average molecular weight is 279 g/mol. The number of nitrogens with one attached hydrogen (secondary N) is 1. The molecule has 0 bridgehead atoms. The fourth-order valence-corrected chi connectivity index (χ4v) is 2.50. The molecule has 0 saturated carbocycles. The molecular formula is C15H22FN3O. The Hall–Kier alpha value is -1.46. The minimum absolute atomic E-state index is 0.000325. The molecule has 1 aliphatic rings. The van der Waals surface area contributed by atoms with E-state index in [4.69, 9.17) is 5.73 Å². The van der Waals surface area contributed by atoms with Crippen molar-refractivity contribution in [1.82, 2.24) is 10.2 Å². The number of carbonyl (C=O) groups excluding carboxylic acids is 1. The van der Waals surface area contributed by atoms with E-state index in [-0.39, 0.29) is 17.8 Å². The van der Waals surface area contributed by atoms with Gasteiger partial charge in [0.1, 0.15) is 5.82 Å². The molecule has 0 aliphatic carbocycles. The Kier molecular flexibility index (Phi) is 5.09. The van der Waals surface area contributed by atoms with Crippen LogP contribution in [0.1, 0.15) is 18.9 Å². The summed E-state index contributed by atoms with van der Waals surface area (Å²) in [5.41, 5.74) is 6.78.